The summed E-state index contributed by atoms with van der Waals surface area (Å²) >= 11 is 0. The molecule has 0 spiro atoms. The summed E-state index contributed by atoms with van der Waals surface area (Å²) in [5.74, 6) is 1.71. The van der Waals surface area contributed by atoms with Crippen LogP contribution >= 0.6 is 0 Å². The molecule has 23 heavy (non-hydrogen) atoms. The van der Waals surface area contributed by atoms with Gasteiger partial charge in [0.2, 0.25) is 0 Å². The molecule has 4 heteroatoms. The highest BCUT2D eigenvalue weighted by atomic mass is 15.1. The molecular weight excluding hydrogens is 284 g/mol. The van der Waals surface area contributed by atoms with Gasteiger partial charge in [-0.15, -0.1) is 0 Å². The van der Waals surface area contributed by atoms with E-state index >= 15 is 0 Å². The zero-order valence-electron chi connectivity index (χ0n) is 13.5. The summed E-state index contributed by atoms with van der Waals surface area (Å²) in [6.45, 7) is 3.35. The van der Waals surface area contributed by atoms with Crippen molar-refractivity contribution in [2.45, 2.75) is 38.6 Å². The number of nitrogen functional groups attached to an aromatic ring is 1. The Labute approximate surface area is 137 Å². The number of rotatable bonds is 3. The molecule has 0 amide bonds. The van der Waals surface area contributed by atoms with Gasteiger partial charge in [-0.25, -0.2) is 9.97 Å². The molecule has 2 aromatic rings. The lowest BCUT2D eigenvalue weighted by Crippen LogP contribution is -2.34. The smallest absolute Gasteiger partial charge is 0.159 e. The first-order valence-electron chi connectivity index (χ1n) is 8.71. The fourth-order valence-corrected chi connectivity index (χ4v) is 3.84. The number of nitrogens with zero attached hydrogens (tertiary/aromatic N) is 3. The summed E-state index contributed by atoms with van der Waals surface area (Å²) in [5.41, 5.74) is 10.1. The molecule has 1 aliphatic heterocycles. The molecule has 0 radical (unpaired) electrons. The van der Waals surface area contributed by atoms with E-state index in [0.717, 1.165) is 42.5 Å². The molecule has 0 unspecified atom stereocenters. The van der Waals surface area contributed by atoms with E-state index in [1.54, 1.807) is 0 Å². The summed E-state index contributed by atoms with van der Waals surface area (Å²) < 4.78 is 0. The summed E-state index contributed by atoms with van der Waals surface area (Å²) in [4.78, 5) is 12.0. The fraction of sp³-hybridized carbons (Fsp3) is 0.474. The summed E-state index contributed by atoms with van der Waals surface area (Å²) in [5, 5.41) is 0. The molecule has 1 aromatic heterocycles. The zero-order valence-corrected chi connectivity index (χ0v) is 13.5. The minimum absolute atomic E-state index is 0.773. The topological polar surface area (TPSA) is 55.0 Å². The maximum absolute atomic E-state index is 5.76. The highest BCUT2D eigenvalue weighted by Crippen LogP contribution is 2.28. The van der Waals surface area contributed by atoms with Gasteiger partial charge < -0.3 is 5.73 Å². The van der Waals surface area contributed by atoms with Gasteiger partial charge in [-0.3, -0.25) is 4.90 Å². The van der Waals surface area contributed by atoms with Crippen molar-refractivity contribution < 1.29 is 0 Å². The second-order valence-corrected chi connectivity index (χ2v) is 6.92. The van der Waals surface area contributed by atoms with E-state index in [0.29, 0.717) is 0 Å². The van der Waals surface area contributed by atoms with Crippen LogP contribution in [-0.4, -0.2) is 28.0 Å². The molecule has 4 rings (SSSR count). The van der Waals surface area contributed by atoms with Crippen molar-refractivity contribution in [3.8, 4) is 11.4 Å². The second-order valence-electron chi connectivity index (χ2n) is 6.92. The van der Waals surface area contributed by atoms with Gasteiger partial charge in [0.1, 0.15) is 0 Å². The van der Waals surface area contributed by atoms with Crippen LogP contribution in [0.2, 0.25) is 0 Å². The quantitative estimate of drug-likeness (QED) is 0.884. The lowest BCUT2D eigenvalue weighted by molar-refractivity contribution is 0.211. The number of hydrogen-bond acceptors (Lipinski definition) is 4. The summed E-state index contributed by atoms with van der Waals surface area (Å²) in [7, 11) is 0. The monoisotopic (exact) mass is 308 g/mol. The molecule has 1 aromatic carbocycles. The van der Waals surface area contributed by atoms with Crippen LogP contribution in [0.5, 0.6) is 0 Å². The predicted octanol–water partition coefficient (Wildman–Crippen LogP) is 3.27. The van der Waals surface area contributed by atoms with Crippen LogP contribution < -0.4 is 5.73 Å². The van der Waals surface area contributed by atoms with Crippen molar-refractivity contribution in [2.75, 3.05) is 18.8 Å². The standard InChI is InChI=1S/C19H24N4/c20-17-7-5-15(6-8-17)19-21-11-16-9-10-23(13-18(16)22-19)12-14-3-1-2-4-14/h5-8,11,14H,1-4,9-10,12-13,20H2. The van der Waals surface area contributed by atoms with Crippen LogP contribution in [0, 0.1) is 5.92 Å². The molecule has 2 N–H and O–H groups in total. The van der Waals surface area contributed by atoms with Crippen LogP contribution in [0.15, 0.2) is 30.5 Å². The fourth-order valence-electron chi connectivity index (χ4n) is 3.84. The van der Waals surface area contributed by atoms with Gasteiger partial charge in [0.05, 0.1) is 5.69 Å². The normalized spacial score (nSPS) is 19.0. The van der Waals surface area contributed by atoms with Crippen LogP contribution in [0.3, 0.4) is 0 Å². The SMILES string of the molecule is Nc1ccc(-c2ncc3c(n2)CN(CC2CCCC2)CC3)cc1. The highest BCUT2D eigenvalue weighted by molar-refractivity contribution is 5.58. The average molecular weight is 308 g/mol. The molecule has 0 saturated heterocycles. The lowest BCUT2D eigenvalue weighted by Gasteiger charge is -2.30. The third-order valence-corrected chi connectivity index (χ3v) is 5.18. The van der Waals surface area contributed by atoms with Gasteiger partial charge in [0, 0.05) is 37.1 Å². The molecule has 0 atom stereocenters. The molecule has 0 bridgehead atoms. The number of aromatic nitrogens is 2. The molecule has 120 valence electrons. The molecule has 1 fully saturated rings. The number of anilines is 1. The van der Waals surface area contributed by atoms with Crippen LogP contribution in [0.4, 0.5) is 5.69 Å². The molecule has 4 nitrogen and oxygen atoms in total. The Morgan fingerprint density at radius 3 is 2.70 bits per heavy atom. The van der Waals surface area contributed by atoms with Crippen molar-refractivity contribution in [3.05, 3.63) is 41.7 Å². The second kappa shape index (κ2) is 6.28. The number of nitrogens with two attached hydrogens (primary N) is 1. The predicted molar refractivity (Wildman–Crippen MR) is 92.8 cm³/mol. The van der Waals surface area contributed by atoms with Gasteiger partial charge in [0.25, 0.3) is 0 Å². The Hall–Kier alpha value is -1.94. The van der Waals surface area contributed by atoms with Gasteiger partial charge in [0.15, 0.2) is 5.82 Å². The van der Waals surface area contributed by atoms with Crippen molar-refractivity contribution in [1.29, 1.82) is 0 Å². The highest BCUT2D eigenvalue weighted by Gasteiger charge is 2.23. The van der Waals surface area contributed by atoms with E-state index in [4.69, 9.17) is 10.7 Å². The van der Waals surface area contributed by atoms with Crippen molar-refractivity contribution >= 4 is 5.69 Å². The Balaban J connectivity index is 1.52. The average Bonchev–Trinajstić information content (AvgIpc) is 3.08. The first-order valence-corrected chi connectivity index (χ1v) is 8.71. The minimum Gasteiger partial charge on any atom is -0.399 e. The molecular formula is C19H24N4. The van der Waals surface area contributed by atoms with E-state index in [2.05, 4.69) is 9.88 Å². The van der Waals surface area contributed by atoms with E-state index in [1.165, 1.54) is 43.5 Å². The first-order chi connectivity index (χ1) is 11.3. The third-order valence-electron chi connectivity index (χ3n) is 5.18. The van der Waals surface area contributed by atoms with Gasteiger partial charge in [-0.2, -0.15) is 0 Å². The van der Waals surface area contributed by atoms with Gasteiger partial charge in [-0.05, 0) is 55.0 Å². The third kappa shape index (κ3) is 3.22. The number of benzene rings is 1. The maximum atomic E-state index is 5.76. The number of fused-ring (bicyclic) bond motifs is 1. The summed E-state index contributed by atoms with van der Waals surface area (Å²) in [6, 6.07) is 7.81. The molecule has 1 saturated carbocycles. The summed E-state index contributed by atoms with van der Waals surface area (Å²) in [6.07, 6.45) is 8.73. The van der Waals surface area contributed by atoms with Gasteiger partial charge in [-0.1, -0.05) is 12.8 Å². The van der Waals surface area contributed by atoms with Crippen LogP contribution in [0.1, 0.15) is 36.9 Å². The zero-order chi connectivity index (χ0) is 15.6. The maximum Gasteiger partial charge on any atom is 0.159 e. The Bertz CT molecular complexity index is 674. The molecule has 2 heterocycles. The van der Waals surface area contributed by atoms with Crippen LogP contribution in [-0.2, 0) is 13.0 Å². The van der Waals surface area contributed by atoms with E-state index in [-0.39, 0.29) is 0 Å². The largest absolute Gasteiger partial charge is 0.399 e. The molecule has 2 aliphatic rings. The number of hydrogen-bond donors (Lipinski definition) is 1. The van der Waals surface area contributed by atoms with Crippen molar-refractivity contribution in [1.82, 2.24) is 14.9 Å². The van der Waals surface area contributed by atoms with E-state index < -0.39 is 0 Å². The van der Waals surface area contributed by atoms with Gasteiger partial charge >= 0.3 is 0 Å². The Kier molecular flexibility index (Phi) is 4.00. The van der Waals surface area contributed by atoms with E-state index in [1.807, 2.05) is 30.5 Å². The Morgan fingerprint density at radius 1 is 1.13 bits per heavy atom. The lowest BCUT2D eigenvalue weighted by atomic mass is 10.0. The Morgan fingerprint density at radius 2 is 1.91 bits per heavy atom. The minimum atomic E-state index is 0.773. The first kappa shape index (κ1) is 14.6. The van der Waals surface area contributed by atoms with E-state index in [9.17, 15) is 0 Å². The van der Waals surface area contributed by atoms with Crippen LogP contribution in [0.25, 0.3) is 11.4 Å². The van der Waals surface area contributed by atoms with Crippen molar-refractivity contribution in [3.63, 3.8) is 0 Å². The van der Waals surface area contributed by atoms with Crippen molar-refractivity contribution in [2.24, 2.45) is 5.92 Å². The molecule has 1 aliphatic carbocycles.